The molecule has 0 atom stereocenters. The van der Waals surface area contributed by atoms with Crippen LogP contribution in [0.4, 0.5) is 5.82 Å². The van der Waals surface area contributed by atoms with Gasteiger partial charge in [0.1, 0.15) is 11.6 Å². The first kappa shape index (κ1) is 13.2. The molecule has 0 radical (unpaired) electrons. The first-order valence-corrected chi connectivity index (χ1v) is 7.06. The molecule has 0 bridgehead atoms. The summed E-state index contributed by atoms with van der Waals surface area (Å²) in [6.45, 7) is 3.41. The molecule has 0 unspecified atom stereocenters. The van der Waals surface area contributed by atoms with Crippen molar-refractivity contribution in [2.75, 3.05) is 25.1 Å². The fraction of sp³-hybridized carbons (Fsp3) is 0.438. The number of fused-ring (bicyclic) bond motifs is 1. The summed E-state index contributed by atoms with van der Waals surface area (Å²) in [5.74, 6) is 1.79. The summed E-state index contributed by atoms with van der Waals surface area (Å²) >= 11 is 0. The number of aliphatic hydroxyl groups is 1. The van der Waals surface area contributed by atoms with Crippen LogP contribution in [0.25, 0.3) is 10.8 Å². The van der Waals surface area contributed by atoms with E-state index in [-0.39, 0.29) is 0 Å². The second kappa shape index (κ2) is 4.94. The third-order valence-corrected chi connectivity index (χ3v) is 3.95. The third-order valence-electron chi connectivity index (χ3n) is 3.95. The lowest BCUT2D eigenvalue weighted by Crippen LogP contribution is -2.62. The quantitative estimate of drug-likeness (QED) is 0.929. The van der Waals surface area contributed by atoms with Crippen LogP contribution < -0.4 is 9.64 Å². The van der Waals surface area contributed by atoms with E-state index in [1.54, 1.807) is 13.3 Å². The predicted octanol–water partition coefficient (Wildman–Crippen LogP) is 2.59. The van der Waals surface area contributed by atoms with Gasteiger partial charge in [0.2, 0.25) is 0 Å². The molecule has 0 amide bonds. The summed E-state index contributed by atoms with van der Waals surface area (Å²) in [4.78, 5) is 6.63. The highest BCUT2D eigenvalue weighted by Crippen LogP contribution is 2.36. The molecule has 0 saturated carbocycles. The van der Waals surface area contributed by atoms with E-state index in [9.17, 15) is 5.11 Å². The number of hydrogen-bond acceptors (Lipinski definition) is 4. The van der Waals surface area contributed by atoms with Crippen molar-refractivity contribution < 1.29 is 9.84 Å². The van der Waals surface area contributed by atoms with E-state index >= 15 is 0 Å². The summed E-state index contributed by atoms with van der Waals surface area (Å²) in [6, 6.07) is 7.95. The number of anilines is 1. The van der Waals surface area contributed by atoms with Gasteiger partial charge in [0, 0.05) is 30.1 Å². The number of rotatable bonds is 4. The van der Waals surface area contributed by atoms with Gasteiger partial charge < -0.3 is 14.7 Å². The van der Waals surface area contributed by atoms with Crippen LogP contribution in [0, 0.1) is 0 Å². The van der Waals surface area contributed by atoms with Crippen LogP contribution in [0.1, 0.15) is 19.8 Å². The molecular formula is C16H20N2O2. The lowest BCUT2D eigenvalue weighted by molar-refractivity contribution is 0.00312. The zero-order chi connectivity index (χ0) is 14.2. The molecule has 1 aromatic heterocycles. The molecular weight excluding hydrogens is 252 g/mol. The lowest BCUT2D eigenvalue weighted by Gasteiger charge is -2.47. The number of ether oxygens (including phenoxy) is 1. The molecule has 2 heterocycles. The maximum atomic E-state index is 10.3. The van der Waals surface area contributed by atoms with Crippen molar-refractivity contribution in [1.29, 1.82) is 0 Å². The van der Waals surface area contributed by atoms with Gasteiger partial charge in [-0.3, -0.25) is 0 Å². The summed E-state index contributed by atoms with van der Waals surface area (Å²) < 4.78 is 5.40. The van der Waals surface area contributed by atoms with Crippen molar-refractivity contribution in [2.45, 2.75) is 25.4 Å². The Labute approximate surface area is 119 Å². The van der Waals surface area contributed by atoms with Crippen LogP contribution in [0.15, 0.2) is 30.5 Å². The zero-order valence-corrected chi connectivity index (χ0v) is 12.0. The smallest absolute Gasteiger partial charge is 0.136 e. The summed E-state index contributed by atoms with van der Waals surface area (Å²) in [6.07, 6.45) is 3.65. The SMILES string of the molecule is CCCC1(O)CN(c2nccc3c(OC)cccc23)C1. The molecule has 1 aliphatic heterocycles. The molecule has 106 valence electrons. The van der Waals surface area contributed by atoms with Gasteiger partial charge >= 0.3 is 0 Å². The highest BCUT2D eigenvalue weighted by Gasteiger charge is 2.41. The van der Waals surface area contributed by atoms with Gasteiger partial charge in [-0.15, -0.1) is 0 Å². The number of hydrogen-bond donors (Lipinski definition) is 1. The van der Waals surface area contributed by atoms with E-state index < -0.39 is 5.60 Å². The van der Waals surface area contributed by atoms with Crippen molar-refractivity contribution in [1.82, 2.24) is 4.98 Å². The Morgan fingerprint density at radius 3 is 2.80 bits per heavy atom. The monoisotopic (exact) mass is 272 g/mol. The van der Waals surface area contributed by atoms with E-state index in [2.05, 4.69) is 22.9 Å². The standard InChI is InChI=1S/C16H20N2O2/c1-3-8-16(19)10-18(11-16)15-13-5-4-6-14(20-2)12(13)7-9-17-15/h4-7,9,19H,3,8,10-11H2,1-2H3. The molecule has 1 aromatic carbocycles. The Balaban J connectivity index is 1.94. The first-order chi connectivity index (χ1) is 9.67. The van der Waals surface area contributed by atoms with Crippen LogP contribution in [-0.4, -0.2) is 35.9 Å². The Morgan fingerprint density at radius 2 is 2.10 bits per heavy atom. The van der Waals surface area contributed by atoms with E-state index in [1.165, 1.54) is 0 Å². The Bertz CT molecular complexity index is 621. The number of benzene rings is 1. The predicted molar refractivity (Wildman–Crippen MR) is 80.4 cm³/mol. The fourth-order valence-corrected chi connectivity index (χ4v) is 3.03. The molecule has 20 heavy (non-hydrogen) atoms. The average Bonchev–Trinajstić information content (AvgIpc) is 2.43. The topological polar surface area (TPSA) is 45.6 Å². The van der Waals surface area contributed by atoms with E-state index in [0.29, 0.717) is 13.1 Å². The number of β-amino-alcohol motifs (C(OH)–C–C–N with tert-alkyl or cyclic N) is 1. The van der Waals surface area contributed by atoms with Crippen molar-refractivity contribution in [3.63, 3.8) is 0 Å². The van der Waals surface area contributed by atoms with Crippen molar-refractivity contribution in [3.05, 3.63) is 30.5 Å². The molecule has 0 spiro atoms. The third kappa shape index (κ3) is 2.10. The number of pyridine rings is 1. The van der Waals surface area contributed by atoms with Crippen LogP contribution in [-0.2, 0) is 0 Å². The van der Waals surface area contributed by atoms with Gasteiger partial charge in [0.15, 0.2) is 0 Å². The van der Waals surface area contributed by atoms with Gasteiger partial charge in [0.05, 0.1) is 12.7 Å². The number of nitrogens with zero attached hydrogens (tertiary/aromatic N) is 2. The van der Waals surface area contributed by atoms with Gasteiger partial charge in [-0.2, -0.15) is 0 Å². The van der Waals surface area contributed by atoms with Gasteiger partial charge in [0.25, 0.3) is 0 Å². The highest BCUT2D eigenvalue weighted by atomic mass is 16.5. The Hall–Kier alpha value is -1.81. The molecule has 0 aliphatic carbocycles. The van der Waals surface area contributed by atoms with Gasteiger partial charge in [-0.1, -0.05) is 25.5 Å². The van der Waals surface area contributed by atoms with Gasteiger partial charge in [-0.05, 0) is 18.6 Å². The molecule has 3 rings (SSSR count). The maximum Gasteiger partial charge on any atom is 0.136 e. The maximum absolute atomic E-state index is 10.3. The Morgan fingerprint density at radius 1 is 1.30 bits per heavy atom. The summed E-state index contributed by atoms with van der Waals surface area (Å²) in [5, 5.41) is 12.5. The Kier molecular flexibility index (Phi) is 3.26. The minimum absolute atomic E-state index is 0.544. The molecule has 4 nitrogen and oxygen atoms in total. The second-order valence-corrected chi connectivity index (χ2v) is 5.52. The van der Waals surface area contributed by atoms with Crippen LogP contribution in [0.2, 0.25) is 0 Å². The van der Waals surface area contributed by atoms with Crippen LogP contribution in [0.3, 0.4) is 0 Å². The average molecular weight is 272 g/mol. The molecule has 1 fully saturated rings. The molecule has 1 saturated heterocycles. The van der Waals surface area contributed by atoms with E-state index in [4.69, 9.17) is 4.74 Å². The number of aromatic nitrogens is 1. The van der Waals surface area contributed by atoms with Gasteiger partial charge in [-0.25, -0.2) is 4.98 Å². The second-order valence-electron chi connectivity index (χ2n) is 5.52. The molecule has 2 aromatic rings. The largest absolute Gasteiger partial charge is 0.496 e. The summed E-state index contributed by atoms with van der Waals surface area (Å²) in [7, 11) is 1.68. The van der Waals surface area contributed by atoms with Crippen LogP contribution in [0.5, 0.6) is 5.75 Å². The zero-order valence-electron chi connectivity index (χ0n) is 12.0. The first-order valence-electron chi connectivity index (χ1n) is 7.06. The molecule has 4 heteroatoms. The fourth-order valence-electron chi connectivity index (χ4n) is 3.03. The normalized spacial score (nSPS) is 17.1. The number of methoxy groups -OCH3 is 1. The van der Waals surface area contributed by atoms with Crippen molar-refractivity contribution in [3.8, 4) is 5.75 Å². The molecule has 1 aliphatic rings. The summed E-state index contributed by atoms with van der Waals surface area (Å²) in [5.41, 5.74) is -0.544. The van der Waals surface area contributed by atoms with E-state index in [1.807, 2.05) is 18.2 Å². The lowest BCUT2D eigenvalue weighted by atomic mass is 9.89. The molecule has 1 N–H and O–H groups in total. The van der Waals surface area contributed by atoms with Crippen molar-refractivity contribution in [2.24, 2.45) is 0 Å². The minimum Gasteiger partial charge on any atom is -0.496 e. The van der Waals surface area contributed by atoms with Crippen molar-refractivity contribution >= 4 is 16.6 Å². The highest BCUT2D eigenvalue weighted by molar-refractivity contribution is 5.96. The minimum atomic E-state index is -0.544. The van der Waals surface area contributed by atoms with Crippen LogP contribution >= 0.6 is 0 Å². The van der Waals surface area contributed by atoms with E-state index in [0.717, 1.165) is 35.2 Å².